The van der Waals surface area contributed by atoms with E-state index in [-0.39, 0.29) is 0 Å². The SMILES string of the molecule is C=C(C)c1nc(N(CCOCCOCCOCCOC)CCOCCOCCOCCOC)nc(N(CCOCCOCCOCCOC)c2ccccc2)n1. The third-order valence-electron chi connectivity index (χ3n) is 7.58. The molecule has 56 heavy (non-hydrogen) atoms. The van der Waals surface area contributed by atoms with Gasteiger partial charge in [-0.05, 0) is 24.6 Å². The Hall–Kier alpha value is -2.91. The molecule has 0 unspecified atom stereocenters. The zero-order valence-electron chi connectivity index (χ0n) is 34.2. The van der Waals surface area contributed by atoms with Crippen LogP contribution in [0, 0.1) is 0 Å². The minimum absolute atomic E-state index is 0.417. The average Bonchev–Trinajstić information content (AvgIpc) is 3.21. The molecule has 0 aliphatic heterocycles. The Balaban J connectivity index is 2.05. The number of methoxy groups -OCH3 is 3. The predicted octanol–water partition coefficient (Wildman–Crippen LogP) is 2.94. The van der Waals surface area contributed by atoms with Gasteiger partial charge in [-0.1, -0.05) is 24.8 Å². The molecule has 0 aliphatic carbocycles. The maximum atomic E-state index is 5.95. The molecule has 0 fully saturated rings. The fraction of sp³-hybridized carbons (Fsp3) is 0.718. The van der Waals surface area contributed by atoms with Crippen LogP contribution in [-0.2, 0) is 56.8 Å². The number of hydrogen-bond acceptors (Lipinski definition) is 17. The predicted molar refractivity (Wildman–Crippen MR) is 213 cm³/mol. The molecule has 0 atom stereocenters. The second kappa shape index (κ2) is 35.3. The molecule has 17 heteroatoms. The van der Waals surface area contributed by atoms with Crippen LogP contribution in [0.15, 0.2) is 36.9 Å². The van der Waals surface area contributed by atoms with Crippen LogP contribution >= 0.6 is 0 Å². The third kappa shape index (κ3) is 24.7. The van der Waals surface area contributed by atoms with E-state index in [2.05, 4.69) is 6.58 Å². The normalized spacial score (nSPS) is 11.4. The van der Waals surface area contributed by atoms with Crippen molar-refractivity contribution in [3.05, 3.63) is 42.7 Å². The van der Waals surface area contributed by atoms with E-state index in [0.717, 1.165) is 5.69 Å². The summed E-state index contributed by atoms with van der Waals surface area (Å²) in [5, 5.41) is 0. The summed E-state index contributed by atoms with van der Waals surface area (Å²) in [4.78, 5) is 18.7. The molecule has 1 heterocycles. The lowest BCUT2D eigenvalue weighted by Gasteiger charge is -2.27. The number of benzene rings is 1. The van der Waals surface area contributed by atoms with Crippen LogP contribution in [0.4, 0.5) is 17.6 Å². The van der Waals surface area contributed by atoms with Crippen molar-refractivity contribution in [2.75, 3.05) is 190 Å². The maximum absolute atomic E-state index is 5.95. The van der Waals surface area contributed by atoms with Crippen LogP contribution in [0.3, 0.4) is 0 Å². The molecule has 0 saturated carbocycles. The van der Waals surface area contributed by atoms with Gasteiger partial charge >= 0.3 is 0 Å². The number of nitrogens with zero attached hydrogens (tertiary/aromatic N) is 5. The fourth-order valence-electron chi connectivity index (χ4n) is 4.63. The number of anilines is 3. The van der Waals surface area contributed by atoms with Crippen LogP contribution < -0.4 is 9.80 Å². The van der Waals surface area contributed by atoms with Gasteiger partial charge < -0.3 is 66.6 Å². The first-order chi connectivity index (χ1) is 27.6. The standard InChI is InChI=1S/C39H67N5O12/c1-35(2)37-40-38(42-39(41-37)44(36-9-7-6-8-10-36)13-16-50-25-28-56-34-31-53-22-19-47-5)43(11-14-48-23-26-54-32-29-51-20-17-45-3)12-15-49-24-27-55-33-30-52-21-18-46-4/h6-10H,1,11-34H2,2-5H3. The number of para-hydroxylation sites is 1. The summed E-state index contributed by atoms with van der Waals surface area (Å²) in [5.74, 6) is 1.44. The second-order valence-corrected chi connectivity index (χ2v) is 12.0. The van der Waals surface area contributed by atoms with Gasteiger partial charge in [0.1, 0.15) is 0 Å². The molecule has 2 aromatic rings. The fourth-order valence-corrected chi connectivity index (χ4v) is 4.63. The molecule has 1 aromatic heterocycles. The zero-order chi connectivity index (χ0) is 40.2. The van der Waals surface area contributed by atoms with Crippen molar-refractivity contribution < 1.29 is 56.8 Å². The van der Waals surface area contributed by atoms with Gasteiger partial charge in [-0.15, -0.1) is 0 Å². The molecule has 0 spiro atoms. The molecule has 0 amide bonds. The van der Waals surface area contributed by atoms with E-state index in [1.807, 2.05) is 47.1 Å². The van der Waals surface area contributed by atoms with E-state index < -0.39 is 0 Å². The summed E-state index contributed by atoms with van der Waals surface area (Å²) in [6.45, 7) is 17.7. The lowest BCUT2D eigenvalue weighted by atomic mass is 10.3. The van der Waals surface area contributed by atoms with Gasteiger partial charge in [-0.2, -0.15) is 15.0 Å². The summed E-state index contributed by atoms with van der Waals surface area (Å²) in [6, 6.07) is 9.95. The first-order valence-corrected chi connectivity index (χ1v) is 19.3. The summed E-state index contributed by atoms with van der Waals surface area (Å²) < 4.78 is 66.0. The number of allylic oxidation sites excluding steroid dienone is 1. The van der Waals surface area contributed by atoms with Crippen LogP contribution in [0.25, 0.3) is 5.57 Å². The molecule has 0 bridgehead atoms. The Bertz CT molecular complexity index is 1180. The Labute approximate surface area is 333 Å². The Morgan fingerprint density at radius 2 is 0.786 bits per heavy atom. The highest BCUT2D eigenvalue weighted by atomic mass is 16.6. The molecule has 320 valence electrons. The van der Waals surface area contributed by atoms with Gasteiger partial charge in [0.2, 0.25) is 11.9 Å². The quantitative estimate of drug-likeness (QED) is 0.0907. The van der Waals surface area contributed by atoms with E-state index in [1.165, 1.54) is 0 Å². The van der Waals surface area contributed by atoms with E-state index in [1.54, 1.807) is 21.3 Å². The van der Waals surface area contributed by atoms with Crippen molar-refractivity contribution in [2.24, 2.45) is 0 Å². The van der Waals surface area contributed by atoms with Crippen molar-refractivity contribution in [2.45, 2.75) is 6.92 Å². The summed E-state index contributed by atoms with van der Waals surface area (Å²) in [7, 11) is 4.93. The lowest BCUT2D eigenvalue weighted by molar-refractivity contribution is 0.00297. The van der Waals surface area contributed by atoms with Crippen LogP contribution in [0.1, 0.15) is 12.7 Å². The summed E-state index contributed by atoms with van der Waals surface area (Å²) in [6.07, 6.45) is 0. The molecule has 0 N–H and O–H groups in total. The van der Waals surface area contributed by atoms with E-state index in [9.17, 15) is 0 Å². The van der Waals surface area contributed by atoms with Gasteiger partial charge in [0.25, 0.3) is 0 Å². The Kier molecular flexibility index (Phi) is 31.0. The number of ether oxygens (including phenoxy) is 12. The van der Waals surface area contributed by atoms with Crippen molar-refractivity contribution in [1.29, 1.82) is 0 Å². The van der Waals surface area contributed by atoms with Crippen molar-refractivity contribution in [1.82, 2.24) is 15.0 Å². The van der Waals surface area contributed by atoms with Crippen molar-refractivity contribution >= 4 is 23.2 Å². The number of rotatable bonds is 40. The largest absolute Gasteiger partial charge is 0.382 e. The molecule has 0 saturated heterocycles. The highest BCUT2D eigenvalue weighted by Gasteiger charge is 2.19. The van der Waals surface area contributed by atoms with E-state index in [4.69, 9.17) is 71.8 Å². The van der Waals surface area contributed by atoms with Gasteiger partial charge in [-0.3, -0.25) is 0 Å². The van der Waals surface area contributed by atoms with Crippen LogP contribution in [0.2, 0.25) is 0 Å². The van der Waals surface area contributed by atoms with Gasteiger partial charge in [0.15, 0.2) is 5.82 Å². The third-order valence-corrected chi connectivity index (χ3v) is 7.58. The smallest absolute Gasteiger partial charge is 0.235 e. The lowest BCUT2D eigenvalue weighted by Crippen LogP contribution is -2.34. The first kappa shape index (κ1) is 49.2. The average molecular weight is 798 g/mol. The van der Waals surface area contributed by atoms with Crippen LogP contribution in [-0.4, -0.2) is 195 Å². The Morgan fingerprint density at radius 3 is 1.16 bits per heavy atom. The van der Waals surface area contributed by atoms with Crippen LogP contribution in [0.5, 0.6) is 0 Å². The molecule has 0 radical (unpaired) electrons. The summed E-state index contributed by atoms with van der Waals surface area (Å²) >= 11 is 0. The second-order valence-electron chi connectivity index (χ2n) is 12.0. The molecule has 2 rings (SSSR count). The highest BCUT2D eigenvalue weighted by Crippen LogP contribution is 2.25. The monoisotopic (exact) mass is 797 g/mol. The topological polar surface area (TPSA) is 156 Å². The molecule has 0 aliphatic rings. The zero-order valence-corrected chi connectivity index (χ0v) is 34.2. The first-order valence-electron chi connectivity index (χ1n) is 19.3. The molecule has 1 aromatic carbocycles. The molecule has 17 nitrogen and oxygen atoms in total. The van der Waals surface area contributed by atoms with Crippen molar-refractivity contribution in [3.63, 3.8) is 0 Å². The minimum Gasteiger partial charge on any atom is -0.382 e. The van der Waals surface area contributed by atoms with Gasteiger partial charge in [-0.25, -0.2) is 0 Å². The van der Waals surface area contributed by atoms with Gasteiger partial charge in [0, 0.05) is 46.7 Å². The van der Waals surface area contributed by atoms with Gasteiger partial charge in [0.05, 0.1) is 139 Å². The molecular formula is C39H67N5O12. The Morgan fingerprint density at radius 1 is 0.446 bits per heavy atom. The maximum Gasteiger partial charge on any atom is 0.235 e. The number of aromatic nitrogens is 3. The summed E-state index contributed by atoms with van der Waals surface area (Å²) in [5.41, 5.74) is 1.62. The number of hydrogen-bond donors (Lipinski definition) is 0. The minimum atomic E-state index is 0.417. The van der Waals surface area contributed by atoms with E-state index in [0.29, 0.717) is 182 Å². The van der Waals surface area contributed by atoms with Crippen molar-refractivity contribution in [3.8, 4) is 0 Å². The highest BCUT2D eigenvalue weighted by molar-refractivity contribution is 5.62. The molecular weight excluding hydrogens is 730 g/mol. The van der Waals surface area contributed by atoms with E-state index >= 15 is 0 Å².